The van der Waals surface area contributed by atoms with E-state index in [1.54, 1.807) is 6.92 Å². The number of carbonyl (C=O) groups excluding carboxylic acids is 2. The van der Waals surface area contributed by atoms with Gasteiger partial charge in [0.2, 0.25) is 0 Å². The van der Waals surface area contributed by atoms with Gasteiger partial charge in [-0.3, -0.25) is 9.59 Å². The molecule has 0 heterocycles. The molecule has 0 saturated carbocycles. The van der Waals surface area contributed by atoms with Gasteiger partial charge in [-0.1, -0.05) is 71.1 Å². The summed E-state index contributed by atoms with van der Waals surface area (Å²) in [7, 11) is 0. The van der Waals surface area contributed by atoms with Crippen LogP contribution in [0.15, 0.2) is 0 Å². The Labute approximate surface area is 130 Å². The van der Waals surface area contributed by atoms with Gasteiger partial charge < -0.3 is 4.74 Å². The highest BCUT2D eigenvalue weighted by Crippen LogP contribution is 2.15. The Balaban J connectivity index is 3.54. The topological polar surface area (TPSA) is 43.4 Å². The SMILES string of the molecule is CCCCCCCCCCCCC(C(C)=O)C(=O)OCC. The van der Waals surface area contributed by atoms with Crippen molar-refractivity contribution in [3.8, 4) is 0 Å². The third kappa shape index (κ3) is 11.5. The minimum absolute atomic E-state index is 0.0654. The van der Waals surface area contributed by atoms with Gasteiger partial charge in [-0.05, 0) is 20.3 Å². The maximum atomic E-state index is 11.6. The van der Waals surface area contributed by atoms with Crippen molar-refractivity contribution in [1.82, 2.24) is 0 Å². The largest absolute Gasteiger partial charge is 0.465 e. The number of ether oxygens (including phenoxy) is 1. The zero-order valence-corrected chi connectivity index (χ0v) is 14.3. The third-order valence-electron chi connectivity index (χ3n) is 3.91. The first-order valence-corrected chi connectivity index (χ1v) is 8.80. The number of esters is 1. The van der Waals surface area contributed by atoms with Crippen LogP contribution in [-0.2, 0) is 14.3 Å². The van der Waals surface area contributed by atoms with E-state index in [0.29, 0.717) is 13.0 Å². The lowest BCUT2D eigenvalue weighted by Crippen LogP contribution is -2.24. The highest BCUT2D eigenvalue weighted by Gasteiger charge is 2.23. The van der Waals surface area contributed by atoms with Gasteiger partial charge in [0, 0.05) is 0 Å². The van der Waals surface area contributed by atoms with Crippen molar-refractivity contribution in [2.24, 2.45) is 5.92 Å². The van der Waals surface area contributed by atoms with E-state index >= 15 is 0 Å². The molecule has 1 unspecified atom stereocenters. The molecule has 0 rings (SSSR count). The average molecular weight is 298 g/mol. The highest BCUT2D eigenvalue weighted by atomic mass is 16.5. The number of Topliss-reactive ketones (excluding diaryl/α,β-unsaturated/α-hetero) is 1. The number of hydrogen-bond donors (Lipinski definition) is 0. The first-order valence-electron chi connectivity index (χ1n) is 8.80. The predicted octanol–water partition coefficient (Wildman–Crippen LogP) is 5.07. The number of rotatable bonds is 14. The standard InChI is InChI=1S/C18H34O3/c1-4-6-7-8-9-10-11-12-13-14-15-17(16(3)19)18(20)21-5-2/h17H,4-15H2,1-3H3. The molecule has 0 N–H and O–H groups in total. The van der Waals surface area contributed by atoms with E-state index in [1.165, 1.54) is 58.3 Å². The summed E-state index contributed by atoms with van der Waals surface area (Å²) in [6.45, 7) is 5.85. The van der Waals surface area contributed by atoms with Crippen LogP contribution in [0.25, 0.3) is 0 Å². The van der Waals surface area contributed by atoms with Crippen LogP contribution in [0.2, 0.25) is 0 Å². The second-order valence-corrected chi connectivity index (χ2v) is 5.89. The lowest BCUT2D eigenvalue weighted by atomic mass is 9.97. The summed E-state index contributed by atoms with van der Waals surface area (Å²) in [6.07, 6.45) is 13.2. The van der Waals surface area contributed by atoms with Gasteiger partial charge >= 0.3 is 5.97 Å². The normalized spacial score (nSPS) is 12.1. The molecule has 0 aliphatic carbocycles. The van der Waals surface area contributed by atoms with Gasteiger partial charge in [-0.15, -0.1) is 0 Å². The van der Waals surface area contributed by atoms with Crippen LogP contribution in [0.1, 0.15) is 91.4 Å². The molecule has 0 aromatic rings. The minimum Gasteiger partial charge on any atom is -0.465 e. The van der Waals surface area contributed by atoms with Crippen molar-refractivity contribution in [2.75, 3.05) is 6.61 Å². The zero-order valence-electron chi connectivity index (χ0n) is 14.3. The third-order valence-corrected chi connectivity index (χ3v) is 3.91. The fourth-order valence-corrected chi connectivity index (χ4v) is 2.57. The Bertz CT molecular complexity index is 274. The molecule has 21 heavy (non-hydrogen) atoms. The molecule has 124 valence electrons. The molecule has 0 spiro atoms. The lowest BCUT2D eigenvalue weighted by Gasteiger charge is -2.12. The monoisotopic (exact) mass is 298 g/mol. The molecule has 0 bridgehead atoms. The van der Waals surface area contributed by atoms with Crippen LogP contribution < -0.4 is 0 Å². The van der Waals surface area contributed by atoms with Crippen molar-refractivity contribution in [3.63, 3.8) is 0 Å². The van der Waals surface area contributed by atoms with Crippen molar-refractivity contribution in [3.05, 3.63) is 0 Å². The van der Waals surface area contributed by atoms with E-state index in [9.17, 15) is 9.59 Å². The fraction of sp³-hybridized carbons (Fsp3) is 0.889. The molecule has 0 saturated heterocycles. The Kier molecular flexibility index (Phi) is 13.5. The number of ketones is 1. The Morgan fingerprint density at radius 1 is 0.810 bits per heavy atom. The molecule has 0 fully saturated rings. The molecule has 0 aromatic heterocycles. The summed E-state index contributed by atoms with van der Waals surface area (Å²) in [6, 6.07) is 0. The minimum atomic E-state index is -0.543. The summed E-state index contributed by atoms with van der Waals surface area (Å²) < 4.78 is 4.95. The first-order chi connectivity index (χ1) is 10.1. The summed E-state index contributed by atoms with van der Waals surface area (Å²) in [5.74, 6) is -0.954. The number of carbonyl (C=O) groups is 2. The van der Waals surface area contributed by atoms with Crippen LogP contribution >= 0.6 is 0 Å². The van der Waals surface area contributed by atoms with Crippen LogP contribution in [0, 0.1) is 5.92 Å². The quantitative estimate of drug-likeness (QED) is 0.255. The molecular formula is C18H34O3. The summed E-state index contributed by atoms with van der Waals surface area (Å²) in [5, 5.41) is 0. The molecule has 1 atom stereocenters. The van der Waals surface area contributed by atoms with Crippen molar-refractivity contribution in [2.45, 2.75) is 91.4 Å². The van der Waals surface area contributed by atoms with Crippen LogP contribution in [0.4, 0.5) is 0 Å². The smallest absolute Gasteiger partial charge is 0.316 e. The van der Waals surface area contributed by atoms with Crippen molar-refractivity contribution in [1.29, 1.82) is 0 Å². The van der Waals surface area contributed by atoms with E-state index in [2.05, 4.69) is 6.92 Å². The molecule has 0 radical (unpaired) electrons. The van der Waals surface area contributed by atoms with E-state index in [-0.39, 0.29) is 11.8 Å². The Morgan fingerprint density at radius 3 is 1.71 bits per heavy atom. The maximum absolute atomic E-state index is 11.6. The van der Waals surface area contributed by atoms with E-state index in [4.69, 9.17) is 4.74 Å². The molecule has 3 heteroatoms. The van der Waals surface area contributed by atoms with E-state index in [1.807, 2.05) is 0 Å². The average Bonchev–Trinajstić information content (AvgIpc) is 2.44. The van der Waals surface area contributed by atoms with Gasteiger partial charge in [0.05, 0.1) is 6.61 Å². The fourth-order valence-electron chi connectivity index (χ4n) is 2.57. The van der Waals surface area contributed by atoms with Gasteiger partial charge in [-0.25, -0.2) is 0 Å². The Morgan fingerprint density at radius 2 is 1.29 bits per heavy atom. The highest BCUT2D eigenvalue weighted by molar-refractivity contribution is 5.97. The van der Waals surface area contributed by atoms with Gasteiger partial charge in [-0.2, -0.15) is 0 Å². The van der Waals surface area contributed by atoms with Crippen molar-refractivity contribution >= 4 is 11.8 Å². The number of unbranched alkanes of at least 4 members (excludes halogenated alkanes) is 9. The van der Waals surface area contributed by atoms with E-state index in [0.717, 1.165) is 12.8 Å². The summed E-state index contributed by atoms with van der Waals surface area (Å²) in [4.78, 5) is 23.1. The zero-order chi connectivity index (χ0) is 15.9. The number of hydrogen-bond acceptors (Lipinski definition) is 3. The van der Waals surface area contributed by atoms with Crippen LogP contribution in [0.5, 0.6) is 0 Å². The second-order valence-electron chi connectivity index (χ2n) is 5.89. The maximum Gasteiger partial charge on any atom is 0.316 e. The first kappa shape index (κ1) is 20.1. The molecule has 3 nitrogen and oxygen atoms in total. The molecular weight excluding hydrogens is 264 g/mol. The summed E-state index contributed by atoms with van der Waals surface area (Å²) >= 11 is 0. The van der Waals surface area contributed by atoms with E-state index < -0.39 is 5.92 Å². The van der Waals surface area contributed by atoms with Crippen LogP contribution in [-0.4, -0.2) is 18.4 Å². The van der Waals surface area contributed by atoms with Crippen LogP contribution in [0.3, 0.4) is 0 Å². The molecule has 0 aliphatic heterocycles. The van der Waals surface area contributed by atoms with Gasteiger partial charge in [0.15, 0.2) is 0 Å². The molecule has 0 aromatic carbocycles. The second kappa shape index (κ2) is 14.1. The summed E-state index contributed by atoms with van der Waals surface area (Å²) in [5.41, 5.74) is 0. The van der Waals surface area contributed by atoms with Crippen molar-refractivity contribution < 1.29 is 14.3 Å². The van der Waals surface area contributed by atoms with Gasteiger partial charge in [0.1, 0.15) is 11.7 Å². The molecule has 0 amide bonds. The van der Waals surface area contributed by atoms with Gasteiger partial charge in [0.25, 0.3) is 0 Å². The molecule has 0 aliphatic rings. The lowest BCUT2D eigenvalue weighted by molar-refractivity contribution is -0.151. The predicted molar refractivity (Wildman–Crippen MR) is 87.3 cm³/mol. The Hall–Kier alpha value is -0.860.